The first-order valence-electron chi connectivity index (χ1n) is 9.56. The average Bonchev–Trinajstić information content (AvgIpc) is 2.77. The van der Waals surface area contributed by atoms with Crippen molar-refractivity contribution in [2.45, 2.75) is 4.90 Å². The van der Waals surface area contributed by atoms with Crippen molar-refractivity contribution in [3.8, 4) is 6.07 Å². The summed E-state index contributed by atoms with van der Waals surface area (Å²) in [7, 11) is -3.75. The van der Waals surface area contributed by atoms with Gasteiger partial charge < -0.3 is 9.80 Å². The molecule has 0 spiro atoms. The van der Waals surface area contributed by atoms with Crippen molar-refractivity contribution in [1.29, 1.82) is 5.26 Å². The quantitative estimate of drug-likeness (QED) is 0.451. The maximum absolute atomic E-state index is 12.1. The molecular formula is C21H19N5O4S. The van der Waals surface area contributed by atoms with Gasteiger partial charge in [-0.3, -0.25) is 15.1 Å². The third kappa shape index (κ3) is 3.87. The Balaban J connectivity index is 1.63. The van der Waals surface area contributed by atoms with Gasteiger partial charge in [0.05, 0.1) is 21.7 Å². The second-order valence-electron chi connectivity index (χ2n) is 7.30. The van der Waals surface area contributed by atoms with Crippen molar-refractivity contribution in [2.75, 3.05) is 42.2 Å². The number of pyridine rings is 1. The maximum Gasteiger partial charge on any atom is 0.288 e. The van der Waals surface area contributed by atoms with Crippen LogP contribution < -0.4 is 9.80 Å². The Hall–Kier alpha value is -3.71. The van der Waals surface area contributed by atoms with E-state index in [0.29, 0.717) is 37.4 Å². The lowest BCUT2D eigenvalue weighted by Crippen LogP contribution is -2.47. The Morgan fingerprint density at radius 1 is 1.10 bits per heavy atom. The molecule has 0 bridgehead atoms. The molecule has 10 heteroatoms. The molecule has 0 unspecified atom stereocenters. The van der Waals surface area contributed by atoms with Crippen LogP contribution in [0.15, 0.2) is 53.6 Å². The Bertz CT molecular complexity index is 1330. The number of nitrogens with zero attached hydrogens (tertiary/aromatic N) is 5. The van der Waals surface area contributed by atoms with Crippen molar-refractivity contribution >= 4 is 37.8 Å². The number of para-hydroxylation sites is 1. The number of nitro benzene ring substituents is 1. The lowest BCUT2D eigenvalue weighted by atomic mass is 10.1. The second kappa shape index (κ2) is 7.85. The van der Waals surface area contributed by atoms with Crippen LogP contribution >= 0.6 is 0 Å². The van der Waals surface area contributed by atoms with Crippen molar-refractivity contribution < 1.29 is 13.3 Å². The van der Waals surface area contributed by atoms with Gasteiger partial charge in [0, 0.05) is 55.8 Å². The van der Waals surface area contributed by atoms with Crippen LogP contribution in [0.1, 0.15) is 5.56 Å². The molecule has 158 valence electrons. The van der Waals surface area contributed by atoms with E-state index in [9.17, 15) is 23.8 Å². The first-order valence-corrected chi connectivity index (χ1v) is 11.4. The normalized spacial score (nSPS) is 14.5. The molecule has 2 heterocycles. The summed E-state index contributed by atoms with van der Waals surface area (Å²) >= 11 is 0. The number of benzene rings is 2. The SMILES string of the molecule is CS(=O)(=O)c1cc(N2CCN(c3c(C#N)cnc4ccccc34)CC2)ccc1[N+](=O)[O-]. The minimum atomic E-state index is -3.75. The van der Waals surface area contributed by atoms with Crippen LogP contribution in [-0.2, 0) is 9.84 Å². The monoisotopic (exact) mass is 437 g/mol. The van der Waals surface area contributed by atoms with Gasteiger partial charge in [-0.1, -0.05) is 18.2 Å². The number of anilines is 2. The van der Waals surface area contributed by atoms with Crippen molar-refractivity contribution in [2.24, 2.45) is 0 Å². The summed E-state index contributed by atoms with van der Waals surface area (Å²) in [4.78, 5) is 18.7. The highest BCUT2D eigenvalue weighted by atomic mass is 32.2. The number of hydrogen-bond acceptors (Lipinski definition) is 8. The fourth-order valence-electron chi connectivity index (χ4n) is 3.88. The van der Waals surface area contributed by atoms with E-state index in [4.69, 9.17) is 0 Å². The predicted octanol–water partition coefficient (Wildman–Crippen LogP) is 2.74. The van der Waals surface area contributed by atoms with Crippen LogP contribution in [0, 0.1) is 21.4 Å². The number of nitro groups is 1. The highest BCUT2D eigenvalue weighted by Crippen LogP contribution is 2.32. The molecule has 3 aromatic rings. The van der Waals surface area contributed by atoms with Crippen molar-refractivity contribution in [3.05, 3.63) is 64.3 Å². The van der Waals surface area contributed by atoms with Crippen LogP contribution in [0.25, 0.3) is 10.9 Å². The van der Waals surface area contributed by atoms with Gasteiger partial charge in [0.1, 0.15) is 11.0 Å². The van der Waals surface area contributed by atoms with Crippen LogP contribution in [0.5, 0.6) is 0 Å². The molecule has 1 saturated heterocycles. The second-order valence-corrected chi connectivity index (χ2v) is 9.29. The highest BCUT2D eigenvalue weighted by Gasteiger charge is 2.26. The zero-order valence-electron chi connectivity index (χ0n) is 16.7. The molecule has 4 rings (SSSR count). The van der Waals surface area contributed by atoms with Crippen LogP contribution in [0.4, 0.5) is 17.1 Å². The summed E-state index contributed by atoms with van der Waals surface area (Å²) in [6.07, 6.45) is 2.55. The zero-order chi connectivity index (χ0) is 22.2. The Morgan fingerprint density at radius 2 is 1.77 bits per heavy atom. The first-order chi connectivity index (χ1) is 14.8. The molecule has 31 heavy (non-hydrogen) atoms. The fraction of sp³-hybridized carbons (Fsp3) is 0.238. The Morgan fingerprint density at radius 3 is 2.42 bits per heavy atom. The highest BCUT2D eigenvalue weighted by molar-refractivity contribution is 7.90. The van der Waals surface area contributed by atoms with Gasteiger partial charge >= 0.3 is 0 Å². The molecule has 2 aromatic carbocycles. The molecule has 9 nitrogen and oxygen atoms in total. The minimum Gasteiger partial charge on any atom is -0.368 e. The molecule has 1 aliphatic rings. The maximum atomic E-state index is 12.1. The fourth-order valence-corrected chi connectivity index (χ4v) is 4.74. The lowest BCUT2D eigenvalue weighted by molar-refractivity contribution is -0.387. The van der Waals surface area contributed by atoms with Gasteiger partial charge in [0.2, 0.25) is 0 Å². The number of aromatic nitrogens is 1. The molecule has 0 amide bonds. The summed E-state index contributed by atoms with van der Waals surface area (Å²) in [5, 5.41) is 21.7. The van der Waals surface area contributed by atoms with E-state index in [1.165, 1.54) is 12.1 Å². The zero-order valence-corrected chi connectivity index (χ0v) is 17.5. The van der Waals surface area contributed by atoms with E-state index in [2.05, 4.69) is 16.0 Å². The number of rotatable bonds is 4. The van der Waals surface area contributed by atoms with E-state index >= 15 is 0 Å². The molecule has 1 aliphatic heterocycles. The largest absolute Gasteiger partial charge is 0.368 e. The first kappa shape index (κ1) is 20.6. The summed E-state index contributed by atoms with van der Waals surface area (Å²) in [5.74, 6) is 0. The molecular weight excluding hydrogens is 418 g/mol. The topological polar surface area (TPSA) is 120 Å². The van der Waals surface area contributed by atoms with Gasteiger partial charge in [0.25, 0.3) is 5.69 Å². The van der Waals surface area contributed by atoms with E-state index in [1.54, 1.807) is 12.3 Å². The van der Waals surface area contributed by atoms with Gasteiger partial charge in [-0.25, -0.2) is 8.42 Å². The number of piperazine rings is 1. The van der Waals surface area contributed by atoms with Gasteiger partial charge in [-0.2, -0.15) is 5.26 Å². The van der Waals surface area contributed by atoms with E-state index in [0.717, 1.165) is 22.8 Å². The molecule has 1 aromatic heterocycles. The predicted molar refractivity (Wildman–Crippen MR) is 117 cm³/mol. The Kier molecular flexibility index (Phi) is 5.20. The molecule has 0 aliphatic carbocycles. The minimum absolute atomic E-state index is 0.288. The third-order valence-corrected chi connectivity index (χ3v) is 6.49. The number of nitriles is 1. The van der Waals surface area contributed by atoms with E-state index < -0.39 is 20.4 Å². The molecule has 1 fully saturated rings. The number of hydrogen-bond donors (Lipinski definition) is 0. The van der Waals surface area contributed by atoms with Gasteiger partial charge in [-0.05, 0) is 18.2 Å². The summed E-state index contributed by atoms with van der Waals surface area (Å²) < 4.78 is 24.1. The summed E-state index contributed by atoms with van der Waals surface area (Å²) in [6.45, 7) is 2.35. The molecule has 0 radical (unpaired) electrons. The number of sulfone groups is 1. The molecule has 0 atom stereocenters. The summed E-state index contributed by atoms with van der Waals surface area (Å²) in [6, 6.07) is 14.1. The smallest absolute Gasteiger partial charge is 0.288 e. The lowest BCUT2D eigenvalue weighted by Gasteiger charge is -2.38. The van der Waals surface area contributed by atoms with Crippen molar-refractivity contribution in [3.63, 3.8) is 0 Å². The average molecular weight is 437 g/mol. The Labute approximate surface area is 179 Å². The third-order valence-electron chi connectivity index (χ3n) is 5.37. The molecule has 0 N–H and O–H groups in total. The standard InChI is InChI=1S/C21H19N5O4S/c1-31(29,30)20-12-16(6-7-19(20)26(27)28)24-8-10-25(11-9-24)21-15(13-22)14-23-18-5-3-2-4-17(18)21/h2-7,12,14H,8-11H2,1H3. The van der Waals surface area contributed by atoms with E-state index in [-0.39, 0.29) is 4.90 Å². The van der Waals surface area contributed by atoms with Gasteiger partial charge in [-0.15, -0.1) is 0 Å². The van der Waals surface area contributed by atoms with Crippen LogP contribution in [0.2, 0.25) is 0 Å². The van der Waals surface area contributed by atoms with Gasteiger partial charge in [0.15, 0.2) is 9.84 Å². The van der Waals surface area contributed by atoms with Crippen molar-refractivity contribution in [1.82, 2.24) is 4.98 Å². The van der Waals surface area contributed by atoms with E-state index in [1.807, 2.05) is 29.2 Å². The number of fused-ring (bicyclic) bond motifs is 1. The van der Waals surface area contributed by atoms with Crippen LogP contribution in [-0.4, -0.2) is 50.8 Å². The molecule has 0 saturated carbocycles. The summed E-state index contributed by atoms with van der Waals surface area (Å²) in [5.41, 5.74) is 2.35. The van der Waals surface area contributed by atoms with Crippen LogP contribution in [0.3, 0.4) is 0 Å².